The summed E-state index contributed by atoms with van der Waals surface area (Å²) in [7, 11) is 0. The maximum absolute atomic E-state index is 6.03. The number of hydrogen-bond donors (Lipinski definition) is 1. The highest BCUT2D eigenvalue weighted by Crippen LogP contribution is 2.26. The van der Waals surface area contributed by atoms with Crippen LogP contribution in [0, 0.1) is 5.92 Å². The number of nitrogens with one attached hydrogen (secondary N) is 1. The minimum Gasteiger partial charge on any atom is -0.467 e. The van der Waals surface area contributed by atoms with Crippen LogP contribution >= 0.6 is 0 Å². The van der Waals surface area contributed by atoms with E-state index < -0.39 is 0 Å². The molecule has 0 amide bonds. The van der Waals surface area contributed by atoms with Crippen LogP contribution in [0.1, 0.15) is 64.7 Å². The molecule has 0 aliphatic heterocycles. The molecule has 1 heterocycles. The fourth-order valence-corrected chi connectivity index (χ4v) is 2.60. The average molecular weight is 279 g/mol. The summed E-state index contributed by atoms with van der Waals surface area (Å²) >= 11 is 0. The van der Waals surface area contributed by atoms with E-state index in [0.717, 1.165) is 18.2 Å². The van der Waals surface area contributed by atoms with Crippen molar-refractivity contribution in [2.24, 2.45) is 5.92 Å². The summed E-state index contributed by atoms with van der Waals surface area (Å²) in [5.74, 6) is 1.84. The number of ether oxygens (including phenoxy) is 1. The van der Waals surface area contributed by atoms with Gasteiger partial charge in [0.2, 0.25) is 0 Å². The van der Waals surface area contributed by atoms with Crippen molar-refractivity contribution in [3.63, 3.8) is 0 Å². The largest absolute Gasteiger partial charge is 0.467 e. The molecule has 1 N–H and O–H groups in total. The maximum atomic E-state index is 6.03. The number of rotatable bonds is 5. The summed E-state index contributed by atoms with van der Waals surface area (Å²) in [6, 6.07) is 2.04. The van der Waals surface area contributed by atoms with Crippen LogP contribution in [0.4, 0.5) is 0 Å². The van der Waals surface area contributed by atoms with Crippen LogP contribution in [0.5, 0.6) is 0 Å². The first-order valence-electron chi connectivity index (χ1n) is 7.86. The van der Waals surface area contributed by atoms with Gasteiger partial charge in [0.15, 0.2) is 0 Å². The predicted molar refractivity (Wildman–Crippen MR) is 81.5 cm³/mol. The van der Waals surface area contributed by atoms with Crippen molar-refractivity contribution < 1.29 is 9.15 Å². The van der Waals surface area contributed by atoms with E-state index in [1.807, 2.05) is 6.07 Å². The first-order chi connectivity index (χ1) is 9.44. The van der Waals surface area contributed by atoms with Crippen molar-refractivity contribution in [1.29, 1.82) is 0 Å². The zero-order valence-corrected chi connectivity index (χ0v) is 13.4. The third-order valence-electron chi connectivity index (χ3n) is 4.06. The molecular formula is C17H29NO2. The molecule has 2 rings (SSSR count). The number of furan rings is 1. The van der Waals surface area contributed by atoms with Gasteiger partial charge in [0.25, 0.3) is 0 Å². The molecular weight excluding hydrogens is 250 g/mol. The summed E-state index contributed by atoms with van der Waals surface area (Å²) in [6.07, 6.45) is 7.15. The molecule has 1 aliphatic rings. The summed E-state index contributed by atoms with van der Waals surface area (Å²) < 4.78 is 11.6. The normalized spacial score (nSPS) is 24.0. The van der Waals surface area contributed by atoms with Crippen molar-refractivity contribution in [1.82, 2.24) is 5.32 Å². The van der Waals surface area contributed by atoms with Crippen molar-refractivity contribution in [3.8, 4) is 0 Å². The molecule has 0 spiro atoms. The molecule has 1 aliphatic carbocycles. The topological polar surface area (TPSA) is 34.4 Å². The fourth-order valence-electron chi connectivity index (χ4n) is 2.60. The molecule has 1 aromatic rings. The third kappa shape index (κ3) is 4.95. The van der Waals surface area contributed by atoms with Gasteiger partial charge in [-0.2, -0.15) is 0 Å². The first-order valence-corrected chi connectivity index (χ1v) is 7.86. The molecule has 1 aromatic heterocycles. The molecule has 0 radical (unpaired) electrons. The van der Waals surface area contributed by atoms with Crippen molar-refractivity contribution in [3.05, 3.63) is 23.7 Å². The Morgan fingerprint density at radius 3 is 2.60 bits per heavy atom. The van der Waals surface area contributed by atoms with Gasteiger partial charge >= 0.3 is 0 Å². The van der Waals surface area contributed by atoms with Crippen LogP contribution in [-0.2, 0) is 17.9 Å². The van der Waals surface area contributed by atoms with Gasteiger partial charge in [0.05, 0.1) is 12.4 Å². The van der Waals surface area contributed by atoms with E-state index in [2.05, 4.69) is 33.0 Å². The first kappa shape index (κ1) is 15.6. The van der Waals surface area contributed by atoms with Crippen molar-refractivity contribution in [2.75, 3.05) is 0 Å². The van der Waals surface area contributed by atoms with E-state index in [-0.39, 0.29) is 5.54 Å². The van der Waals surface area contributed by atoms with Gasteiger partial charge in [-0.1, -0.05) is 6.92 Å². The molecule has 1 fully saturated rings. The van der Waals surface area contributed by atoms with Gasteiger partial charge in [-0.3, -0.25) is 0 Å². The van der Waals surface area contributed by atoms with Crippen molar-refractivity contribution in [2.45, 2.75) is 78.2 Å². The van der Waals surface area contributed by atoms with Gasteiger partial charge in [-0.15, -0.1) is 0 Å². The molecule has 20 heavy (non-hydrogen) atoms. The minimum absolute atomic E-state index is 0.120. The molecule has 0 unspecified atom stereocenters. The molecule has 0 atom stereocenters. The summed E-state index contributed by atoms with van der Waals surface area (Å²) in [6.45, 7) is 10.3. The Balaban J connectivity index is 1.80. The van der Waals surface area contributed by atoms with Crippen LogP contribution in [0.25, 0.3) is 0 Å². The van der Waals surface area contributed by atoms with E-state index in [1.165, 1.54) is 31.2 Å². The second-order valence-corrected chi connectivity index (χ2v) is 7.17. The molecule has 1 saturated carbocycles. The van der Waals surface area contributed by atoms with Gasteiger partial charge in [0, 0.05) is 17.6 Å². The van der Waals surface area contributed by atoms with E-state index in [4.69, 9.17) is 9.15 Å². The lowest BCUT2D eigenvalue weighted by Gasteiger charge is -2.26. The Morgan fingerprint density at radius 2 is 1.95 bits per heavy atom. The van der Waals surface area contributed by atoms with E-state index in [0.29, 0.717) is 12.7 Å². The van der Waals surface area contributed by atoms with Gasteiger partial charge in [0.1, 0.15) is 12.4 Å². The lowest BCUT2D eigenvalue weighted by Crippen LogP contribution is -2.35. The van der Waals surface area contributed by atoms with E-state index >= 15 is 0 Å². The van der Waals surface area contributed by atoms with E-state index in [9.17, 15) is 0 Å². The second kappa shape index (κ2) is 6.77. The molecule has 0 saturated heterocycles. The predicted octanol–water partition coefficient (Wildman–Crippen LogP) is 4.26. The lowest BCUT2D eigenvalue weighted by molar-refractivity contribution is 0.000813. The molecule has 0 aromatic carbocycles. The monoisotopic (exact) mass is 279 g/mol. The summed E-state index contributed by atoms with van der Waals surface area (Å²) in [4.78, 5) is 0. The summed E-state index contributed by atoms with van der Waals surface area (Å²) in [5.41, 5.74) is 1.33. The zero-order valence-electron chi connectivity index (χ0n) is 13.4. The minimum atomic E-state index is 0.120. The quantitative estimate of drug-likeness (QED) is 0.874. The Bertz CT molecular complexity index is 397. The van der Waals surface area contributed by atoms with Crippen LogP contribution in [0.15, 0.2) is 16.7 Å². The lowest BCUT2D eigenvalue weighted by atomic mass is 9.89. The highest BCUT2D eigenvalue weighted by Gasteiger charge is 2.20. The number of hydrogen-bond acceptors (Lipinski definition) is 3. The van der Waals surface area contributed by atoms with Crippen LogP contribution in [0.2, 0.25) is 0 Å². The Kier molecular flexibility index (Phi) is 5.28. The SMILES string of the molecule is CC1CCC(OCc2occc2CNC(C)(C)C)CC1. The van der Waals surface area contributed by atoms with Gasteiger partial charge < -0.3 is 14.5 Å². The zero-order chi connectivity index (χ0) is 14.6. The van der Waals surface area contributed by atoms with Crippen LogP contribution in [0.3, 0.4) is 0 Å². The highest BCUT2D eigenvalue weighted by molar-refractivity contribution is 5.16. The Labute approximate surface area is 123 Å². The van der Waals surface area contributed by atoms with Crippen molar-refractivity contribution >= 4 is 0 Å². The fraction of sp³-hybridized carbons (Fsp3) is 0.765. The average Bonchev–Trinajstić information content (AvgIpc) is 2.82. The van der Waals surface area contributed by atoms with E-state index in [1.54, 1.807) is 6.26 Å². The molecule has 0 bridgehead atoms. The summed E-state index contributed by atoms with van der Waals surface area (Å²) in [5, 5.41) is 3.49. The standard InChI is InChI=1S/C17H29NO2/c1-13-5-7-15(8-6-13)20-12-16-14(9-10-19-16)11-18-17(2,3)4/h9-10,13,15,18H,5-8,11-12H2,1-4H3. The van der Waals surface area contributed by atoms with Crippen LogP contribution < -0.4 is 5.32 Å². The second-order valence-electron chi connectivity index (χ2n) is 7.17. The molecule has 3 nitrogen and oxygen atoms in total. The Morgan fingerprint density at radius 1 is 1.25 bits per heavy atom. The third-order valence-corrected chi connectivity index (χ3v) is 4.06. The highest BCUT2D eigenvalue weighted by atomic mass is 16.5. The van der Waals surface area contributed by atoms with Gasteiger partial charge in [-0.05, 0) is 58.4 Å². The van der Waals surface area contributed by atoms with Gasteiger partial charge in [-0.25, -0.2) is 0 Å². The Hall–Kier alpha value is -0.800. The molecule has 3 heteroatoms. The van der Waals surface area contributed by atoms with Crippen LogP contribution in [-0.4, -0.2) is 11.6 Å². The molecule has 114 valence electrons. The maximum Gasteiger partial charge on any atom is 0.133 e. The smallest absolute Gasteiger partial charge is 0.133 e.